The van der Waals surface area contributed by atoms with Crippen molar-refractivity contribution in [3.05, 3.63) is 93.4 Å². The third-order valence-corrected chi connectivity index (χ3v) is 7.26. The summed E-state index contributed by atoms with van der Waals surface area (Å²) >= 11 is 6.02. The topological polar surface area (TPSA) is 61.8 Å². The lowest BCUT2D eigenvalue weighted by molar-refractivity contribution is -0.117. The standard InChI is InChI=1S/C30H29ClO5/c1-3-6-19-15-20(16-26(34-2)30(19)35-17-18-11-13-21(31)14-12-18)27-28-22(32)7-4-9-24(28)36-25-10-5-8-23(33)29(25)27/h3,11-16,27H,1,4-10,17H2,2H3. The average molecular weight is 505 g/mol. The SMILES string of the molecule is C=CCc1cc(C2C3=C(CCCC3=O)OC3=C2C(=O)CCC3)cc(OC)c1OCc1ccc(Cl)cc1. The van der Waals surface area contributed by atoms with Gasteiger partial charge >= 0.3 is 0 Å². The number of carbonyl (C=O) groups is 2. The summed E-state index contributed by atoms with van der Waals surface area (Å²) in [6.45, 7) is 4.26. The van der Waals surface area contributed by atoms with Crippen LogP contribution in [0.15, 0.2) is 71.7 Å². The highest BCUT2D eigenvalue weighted by atomic mass is 35.5. The number of allylic oxidation sites excluding steroid dienone is 5. The van der Waals surface area contributed by atoms with Crippen molar-refractivity contribution in [1.82, 2.24) is 0 Å². The summed E-state index contributed by atoms with van der Waals surface area (Å²) in [5, 5.41) is 0.668. The minimum Gasteiger partial charge on any atom is -0.493 e. The summed E-state index contributed by atoms with van der Waals surface area (Å²) < 4.78 is 18.2. The predicted molar refractivity (Wildman–Crippen MR) is 138 cm³/mol. The molecule has 5 rings (SSSR count). The molecule has 36 heavy (non-hydrogen) atoms. The molecule has 3 aliphatic rings. The number of carbonyl (C=O) groups excluding carboxylic acids is 2. The van der Waals surface area contributed by atoms with Crippen molar-refractivity contribution in [1.29, 1.82) is 0 Å². The molecule has 0 saturated heterocycles. The summed E-state index contributed by atoms with van der Waals surface area (Å²) in [4.78, 5) is 26.3. The van der Waals surface area contributed by atoms with Gasteiger partial charge < -0.3 is 14.2 Å². The number of ketones is 2. The van der Waals surface area contributed by atoms with Crippen molar-refractivity contribution < 1.29 is 23.8 Å². The molecule has 186 valence electrons. The second kappa shape index (κ2) is 10.4. The summed E-state index contributed by atoms with van der Waals surface area (Å²) in [7, 11) is 1.60. The molecule has 2 aliphatic carbocycles. The van der Waals surface area contributed by atoms with Gasteiger partial charge in [-0.2, -0.15) is 0 Å². The van der Waals surface area contributed by atoms with Gasteiger partial charge in [0.1, 0.15) is 18.1 Å². The zero-order chi connectivity index (χ0) is 25.2. The molecule has 0 unspecified atom stereocenters. The van der Waals surface area contributed by atoms with E-state index in [-0.39, 0.29) is 11.6 Å². The normalized spacial score (nSPS) is 17.9. The molecular weight excluding hydrogens is 476 g/mol. The molecule has 2 aromatic rings. The van der Waals surface area contributed by atoms with E-state index in [4.69, 9.17) is 25.8 Å². The van der Waals surface area contributed by atoms with Crippen LogP contribution in [0.5, 0.6) is 11.5 Å². The van der Waals surface area contributed by atoms with Gasteiger partial charge in [0.2, 0.25) is 0 Å². The van der Waals surface area contributed by atoms with E-state index >= 15 is 0 Å². The minimum atomic E-state index is -0.452. The first-order valence-corrected chi connectivity index (χ1v) is 12.8. The van der Waals surface area contributed by atoms with Crippen LogP contribution in [0.4, 0.5) is 0 Å². The maximum atomic E-state index is 13.2. The highest BCUT2D eigenvalue weighted by Gasteiger charge is 2.42. The number of methoxy groups -OCH3 is 1. The third kappa shape index (κ3) is 4.60. The maximum absolute atomic E-state index is 13.2. The summed E-state index contributed by atoms with van der Waals surface area (Å²) in [6.07, 6.45) is 6.24. The second-order valence-electron chi connectivity index (χ2n) is 9.38. The van der Waals surface area contributed by atoms with Crippen molar-refractivity contribution in [3.63, 3.8) is 0 Å². The van der Waals surface area contributed by atoms with Gasteiger partial charge in [-0.3, -0.25) is 9.59 Å². The van der Waals surface area contributed by atoms with E-state index < -0.39 is 5.92 Å². The lowest BCUT2D eigenvalue weighted by Gasteiger charge is -2.36. The minimum absolute atomic E-state index is 0.0541. The largest absolute Gasteiger partial charge is 0.493 e. The Labute approximate surface area is 216 Å². The van der Waals surface area contributed by atoms with Crippen LogP contribution in [0.1, 0.15) is 61.1 Å². The van der Waals surface area contributed by atoms with Gasteiger partial charge in [0.25, 0.3) is 0 Å². The first-order valence-electron chi connectivity index (χ1n) is 12.4. The number of ether oxygens (including phenoxy) is 3. The van der Waals surface area contributed by atoms with E-state index in [9.17, 15) is 9.59 Å². The van der Waals surface area contributed by atoms with Crippen molar-refractivity contribution >= 4 is 23.2 Å². The van der Waals surface area contributed by atoms with Gasteiger partial charge in [0.15, 0.2) is 23.1 Å². The Kier molecular flexibility index (Phi) is 7.01. The average Bonchev–Trinajstić information content (AvgIpc) is 2.88. The Morgan fingerprint density at radius 2 is 1.64 bits per heavy atom. The van der Waals surface area contributed by atoms with Crippen molar-refractivity contribution in [3.8, 4) is 11.5 Å². The number of hydrogen-bond donors (Lipinski definition) is 0. The fourth-order valence-corrected chi connectivity index (χ4v) is 5.49. The van der Waals surface area contributed by atoms with Crippen molar-refractivity contribution in [2.24, 2.45) is 0 Å². The summed E-state index contributed by atoms with van der Waals surface area (Å²) in [5.74, 6) is 2.27. The van der Waals surface area contributed by atoms with Crippen LogP contribution in [0.25, 0.3) is 0 Å². The Morgan fingerprint density at radius 1 is 1.00 bits per heavy atom. The van der Waals surface area contributed by atoms with Crippen LogP contribution < -0.4 is 9.47 Å². The van der Waals surface area contributed by atoms with Gasteiger partial charge in [-0.1, -0.05) is 35.9 Å². The molecule has 6 heteroatoms. The molecule has 5 nitrogen and oxygen atoms in total. The van der Waals surface area contributed by atoms with E-state index in [0.29, 0.717) is 66.4 Å². The highest BCUT2D eigenvalue weighted by Crippen LogP contribution is 2.49. The summed E-state index contributed by atoms with van der Waals surface area (Å²) in [5.41, 5.74) is 3.95. The van der Waals surface area contributed by atoms with Gasteiger partial charge in [-0.25, -0.2) is 0 Å². The molecule has 0 amide bonds. The van der Waals surface area contributed by atoms with E-state index in [0.717, 1.165) is 41.1 Å². The summed E-state index contributed by atoms with van der Waals surface area (Å²) in [6, 6.07) is 11.4. The Bertz CT molecular complexity index is 1240. The molecule has 0 fully saturated rings. The Hall–Kier alpha value is -3.31. The number of Topliss-reactive ketones (excluding diaryl/α,β-unsaturated/α-hetero) is 2. The first kappa shape index (κ1) is 24.4. The predicted octanol–water partition coefficient (Wildman–Crippen LogP) is 6.78. The monoisotopic (exact) mass is 504 g/mol. The molecule has 1 heterocycles. The van der Waals surface area contributed by atoms with E-state index in [2.05, 4.69) is 6.58 Å². The van der Waals surface area contributed by atoms with E-state index in [1.807, 2.05) is 42.5 Å². The first-order chi connectivity index (χ1) is 17.5. The van der Waals surface area contributed by atoms with Gasteiger partial charge in [0, 0.05) is 53.3 Å². The molecule has 0 atom stereocenters. The fraction of sp³-hybridized carbons (Fsp3) is 0.333. The Morgan fingerprint density at radius 3 is 2.22 bits per heavy atom. The van der Waals surface area contributed by atoms with Crippen LogP contribution >= 0.6 is 11.6 Å². The van der Waals surface area contributed by atoms with E-state index in [1.54, 1.807) is 7.11 Å². The molecule has 1 aliphatic heterocycles. The number of halogens is 1. The molecule has 0 aromatic heterocycles. The van der Waals surface area contributed by atoms with Crippen molar-refractivity contribution in [2.75, 3.05) is 7.11 Å². The molecule has 0 radical (unpaired) electrons. The molecule has 0 saturated carbocycles. The zero-order valence-corrected chi connectivity index (χ0v) is 21.2. The molecule has 2 aromatic carbocycles. The van der Waals surface area contributed by atoms with Crippen LogP contribution in [0, 0.1) is 0 Å². The molecule has 0 N–H and O–H groups in total. The van der Waals surface area contributed by atoms with Gasteiger partial charge in [-0.15, -0.1) is 6.58 Å². The quantitative estimate of drug-likeness (QED) is 0.389. The second-order valence-corrected chi connectivity index (χ2v) is 9.82. The van der Waals surface area contributed by atoms with Gasteiger partial charge in [0.05, 0.1) is 7.11 Å². The number of hydrogen-bond acceptors (Lipinski definition) is 5. The lowest BCUT2D eigenvalue weighted by atomic mass is 9.73. The smallest absolute Gasteiger partial charge is 0.165 e. The molecule has 0 spiro atoms. The zero-order valence-electron chi connectivity index (χ0n) is 20.4. The Balaban J connectivity index is 1.60. The van der Waals surface area contributed by atoms with Crippen LogP contribution in [0.3, 0.4) is 0 Å². The lowest BCUT2D eigenvalue weighted by Crippen LogP contribution is -2.30. The highest BCUT2D eigenvalue weighted by molar-refractivity contribution is 6.30. The third-order valence-electron chi connectivity index (χ3n) is 7.01. The number of benzene rings is 2. The van der Waals surface area contributed by atoms with Crippen LogP contribution in [0.2, 0.25) is 5.02 Å². The fourth-order valence-electron chi connectivity index (χ4n) is 5.36. The van der Waals surface area contributed by atoms with Crippen LogP contribution in [-0.2, 0) is 27.4 Å². The molecular formula is C30H29ClO5. The van der Waals surface area contributed by atoms with Crippen LogP contribution in [-0.4, -0.2) is 18.7 Å². The van der Waals surface area contributed by atoms with Gasteiger partial charge in [-0.05, 0) is 48.6 Å². The van der Waals surface area contributed by atoms with Crippen molar-refractivity contribution in [2.45, 2.75) is 57.5 Å². The molecule has 0 bridgehead atoms. The number of rotatable bonds is 7. The van der Waals surface area contributed by atoms with E-state index in [1.165, 1.54) is 0 Å². The maximum Gasteiger partial charge on any atom is 0.165 e.